The van der Waals surface area contributed by atoms with Crippen molar-refractivity contribution in [1.82, 2.24) is 4.90 Å². The molecule has 1 atom stereocenters. The van der Waals surface area contributed by atoms with Crippen LogP contribution in [0.1, 0.15) is 18.4 Å². The van der Waals surface area contributed by atoms with Gasteiger partial charge in [-0.15, -0.1) is 11.6 Å². The number of nitrogens with zero attached hydrogens (tertiary/aromatic N) is 1. The molecule has 0 spiro atoms. The normalized spacial score (nSPS) is 22.3. The Morgan fingerprint density at radius 2 is 2.25 bits per heavy atom. The van der Waals surface area contributed by atoms with Crippen molar-refractivity contribution in [2.24, 2.45) is 0 Å². The van der Waals surface area contributed by atoms with Crippen molar-refractivity contribution < 1.29 is 4.39 Å². The molecule has 1 aliphatic rings. The lowest BCUT2D eigenvalue weighted by Crippen LogP contribution is -2.35. The second-order valence-electron chi connectivity index (χ2n) is 4.17. The summed E-state index contributed by atoms with van der Waals surface area (Å²) in [5.41, 5.74) is 0.579. The Labute approximate surface area is 105 Å². The van der Waals surface area contributed by atoms with Crippen LogP contribution in [0.4, 0.5) is 4.39 Å². The summed E-state index contributed by atoms with van der Waals surface area (Å²) >= 11 is 12.1. The predicted octanol–water partition coefficient (Wildman–Crippen LogP) is 3.68. The van der Waals surface area contributed by atoms with E-state index in [0.717, 1.165) is 25.9 Å². The largest absolute Gasteiger partial charge is 0.297 e. The van der Waals surface area contributed by atoms with E-state index in [4.69, 9.17) is 23.2 Å². The molecule has 88 valence electrons. The Morgan fingerprint density at radius 3 is 2.94 bits per heavy atom. The van der Waals surface area contributed by atoms with Gasteiger partial charge >= 0.3 is 0 Å². The molecule has 0 aromatic heterocycles. The van der Waals surface area contributed by atoms with E-state index in [2.05, 4.69) is 4.90 Å². The average Bonchev–Trinajstić information content (AvgIpc) is 2.24. The highest BCUT2D eigenvalue weighted by atomic mass is 35.5. The van der Waals surface area contributed by atoms with E-state index in [0.29, 0.717) is 17.1 Å². The average molecular weight is 262 g/mol. The van der Waals surface area contributed by atoms with Crippen LogP contribution in [-0.4, -0.2) is 23.4 Å². The summed E-state index contributed by atoms with van der Waals surface area (Å²) in [5.74, 6) is -0.232. The highest BCUT2D eigenvalue weighted by Gasteiger charge is 2.19. The number of piperidine rings is 1. The fraction of sp³-hybridized carbons (Fsp3) is 0.500. The minimum atomic E-state index is -0.232. The summed E-state index contributed by atoms with van der Waals surface area (Å²) in [4.78, 5) is 2.16. The zero-order valence-electron chi connectivity index (χ0n) is 8.93. The molecular weight excluding hydrogens is 248 g/mol. The van der Waals surface area contributed by atoms with E-state index in [1.54, 1.807) is 12.1 Å². The van der Waals surface area contributed by atoms with Crippen LogP contribution in [0.3, 0.4) is 0 Å². The fourth-order valence-electron chi connectivity index (χ4n) is 2.05. The SMILES string of the molecule is Fc1cccc(Cl)c1CN1CCCC(Cl)C1. The van der Waals surface area contributed by atoms with Crippen molar-refractivity contribution in [2.75, 3.05) is 13.1 Å². The van der Waals surface area contributed by atoms with E-state index in [9.17, 15) is 4.39 Å². The van der Waals surface area contributed by atoms with E-state index in [1.165, 1.54) is 6.07 Å². The topological polar surface area (TPSA) is 3.24 Å². The Bertz CT molecular complexity index is 350. The van der Waals surface area contributed by atoms with Gasteiger partial charge in [-0.05, 0) is 31.5 Å². The van der Waals surface area contributed by atoms with Gasteiger partial charge in [0.1, 0.15) is 5.82 Å². The molecule has 1 heterocycles. The van der Waals surface area contributed by atoms with E-state index in [-0.39, 0.29) is 11.2 Å². The number of halogens is 3. The van der Waals surface area contributed by atoms with Gasteiger partial charge in [0.25, 0.3) is 0 Å². The molecule has 0 radical (unpaired) electrons. The molecule has 1 nitrogen and oxygen atoms in total. The monoisotopic (exact) mass is 261 g/mol. The van der Waals surface area contributed by atoms with E-state index < -0.39 is 0 Å². The Kier molecular flexibility index (Phi) is 4.06. The third kappa shape index (κ3) is 2.88. The van der Waals surface area contributed by atoms with Crippen LogP contribution in [0.25, 0.3) is 0 Å². The van der Waals surface area contributed by atoms with Crippen LogP contribution >= 0.6 is 23.2 Å². The predicted molar refractivity (Wildman–Crippen MR) is 65.6 cm³/mol. The van der Waals surface area contributed by atoms with Gasteiger partial charge in [-0.2, -0.15) is 0 Å². The van der Waals surface area contributed by atoms with Crippen LogP contribution in [0.15, 0.2) is 18.2 Å². The number of rotatable bonds is 2. The molecule has 16 heavy (non-hydrogen) atoms. The molecular formula is C12H14Cl2FN. The van der Waals surface area contributed by atoms with Gasteiger partial charge in [-0.1, -0.05) is 17.7 Å². The van der Waals surface area contributed by atoms with Crippen molar-refractivity contribution in [1.29, 1.82) is 0 Å². The van der Waals surface area contributed by atoms with Crippen LogP contribution in [0, 0.1) is 5.82 Å². The lowest BCUT2D eigenvalue weighted by molar-refractivity contribution is 0.221. The molecule has 1 aromatic carbocycles. The van der Waals surface area contributed by atoms with Crippen LogP contribution < -0.4 is 0 Å². The second kappa shape index (κ2) is 5.35. The van der Waals surface area contributed by atoms with Crippen molar-refractivity contribution in [3.05, 3.63) is 34.6 Å². The molecule has 1 aromatic rings. The zero-order valence-corrected chi connectivity index (χ0v) is 10.4. The molecule has 0 saturated carbocycles. The molecule has 2 rings (SSSR count). The maximum Gasteiger partial charge on any atom is 0.129 e. The van der Waals surface area contributed by atoms with Crippen LogP contribution in [0.2, 0.25) is 5.02 Å². The number of likely N-dealkylation sites (tertiary alicyclic amines) is 1. The molecule has 1 unspecified atom stereocenters. The Hall–Kier alpha value is -0.310. The Balaban J connectivity index is 2.08. The quantitative estimate of drug-likeness (QED) is 0.735. The first-order valence-corrected chi connectivity index (χ1v) is 6.27. The highest BCUT2D eigenvalue weighted by molar-refractivity contribution is 6.31. The van der Waals surface area contributed by atoms with E-state index in [1.807, 2.05) is 0 Å². The van der Waals surface area contributed by atoms with Gasteiger partial charge in [0, 0.05) is 29.1 Å². The fourth-order valence-corrected chi connectivity index (χ4v) is 2.62. The standard InChI is InChI=1S/C12H14Cl2FN/c13-9-3-2-6-16(7-9)8-10-11(14)4-1-5-12(10)15/h1,4-5,9H,2-3,6-8H2. The van der Waals surface area contributed by atoms with E-state index >= 15 is 0 Å². The number of benzene rings is 1. The van der Waals surface area contributed by atoms with Crippen LogP contribution in [-0.2, 0) is 6.54 Å². The van der Waals surface area contributed by atoms with Crippen molar-refractivity contribution in [2.45, 2.75) is 24.8 Å². The van der Waals surface area contributed by atoms with Crippen molar-refractivity contribution >= 4 is 23.2 Å². The maximum atomic E-state index is 13.6. The first-order valence-electron chi connectivity index (χ1n) is 5.46. The van der Waals surface area contributed by atoms with Gasteiger partial charge in [-0.25, -0.2) is 4.39 Å². The molecule has 0 amide bonds. The number of alkyl halides is 1. The smallest absolute Gasteiger partial charge is 0.129 e. The van der Waals surface area contributed by atoms with Gasteiger partial charge < -0.3 is 0 Å². The first kappa shape index (κ1) is 12.2. The highest BCUT2D eigenvalue weighted by Crippen LogP contribution is 2.23. The molecule has 1 aliphatic heterocycles. The van der Waals surface area contributed by atoms with Gasteiger partial charge in [0.15, 0.2) is 0 Å². The molecule has 0 N–H and O–H groups in total. The summed E-state index contributed by atoms with van der Waals surface area (Å²) < 4.78 is 13.6. The first-order chi connectivity index (χ1) is 7.66. The molecule has 1 fully saturated rings. The maximum absolute atomic E-state index is 13.6. The van der Waals surface area contributed by atoms with Crippen molar-refractivity contribution in [3.63, 3.8) is 0 Å². The molecule has 1 saturated heterocycles. The summed E-state index contributed by atoms with van der Waals surface area (Å²) in [6.45, 7) is 2.33. The van der Waals surface area contributed by atoms with Gasteiger partial charge in [0.2, 0.25) is 0 Å². The lowest BCUT2D eigenvalue weighted by atomic mass is 10.1. The second-order valence-corrected chi connectivity index (χ2v) is 5.20. The number of hydrogen-bond donors (Lipinski definition) is 0. The van der Waals surface area contributed by atoms with Crippen molar-refractivity contribution in [3.8, 4) is 0 Å². The third-order valence-corrected chi connectivity index (χ3v) is 3.60. The zero-order chi connectivity index (χ0) is 11.5. The molecule has 0 bridgehead atoms. The number of hydrogen-bond acceptors (Lipinski definition) is 1. The minimum absolute atomic E-state index is 0.180. The molecule has 4 heteroatoms. The summed E-state index contributed by atoms with van der Waals surface area (Å²) in [5, 5.41) is 0.677. The summed E-state index contributed by atoms with van der Waals surface area (Å²) in [6.07, 6.45) is 2.11. The van der Waals surface area contributed by atoms with Crippen LogP contribution in [0.5, 0.6) is 0 Å². The molecule has 0 aliphatic carbocycles. The summed E-state index contributed by atoms with van der Waals surface area (Å²) in [6, 6.07) is 4.80. The van der Waals surface area contributed by atoms with Gasteiger partial charge in [0.05, 0.1) is 0 Å². The summed E-state index contributed by atoms with van der Waals surface area (Å²) in [7, 11) is 0. The van der Waals surface area contributed by atoms with Gasteiger partial charge in [-0.3, -0.25) is 4.90 Å². The minimum Gasteiger partial charge on any atom is -0.297 e. The Morgan fingerprint density at radius 1 is 1.44 bits per heavy atom. The third-order valence-electron chi connectivity index (χ3n) is 2.89. The lowest BCUT2D eigenvalue weighted by Gasteiger charge is -2.29.